The van der Waals surface area contributed by atoms with Crippen molar-refractivity contribution in [3.8, 4) is 0 Å². The maximum absolute atomic E-state index is 12.7. The van der Waals surface area contributed by atoms with Gasteiger partial charge in [0.05, 0.1) is 5.56 Å². The summed E-state index contributed by atoms with van der Waals surface area (Å²) >= 11 is 0. The molecule has 1 aliphatic heterocycles. The van der Waals surface area contributed by atoms with Gasteiger partial charge in [-0.2, -0.15) is 0 Å². The minimum absolute atomic E-state index is 0.334. The molecule has 1 fully saturated rings. The van der Waals surface area contributed by atoms with E-state index in [0.29, 0.717) is 17.7 Å². The van der Waals surface area contributed by atoms with Gasteiger partial charge in [-0.3, -0.25) is 4.79 Å². The lowest BCUT2D eigenvalue weighted by Crippen LogP contribution is -2.46. The van der Waals surface area contributed by atoms with E-state index in [2.05, 4.69) is 22.0 Å². The first kappa shape index (κ1) is 23.5. The van der Waals surface area contributed by atoms with Gasteiger partial charge in [-0.1, -0.05) is 55.5 Å². The zero-order valence-electron chi connectivity index (χ0n) is 19.6. The van der Waals surface area contributed by atoms with E-state index in [1.54, 1.807) is 12.1 Å². The van der Waals surface area contributed by atoms with Crippen LogP contribution in [0.1, 0.15) is 28.4 Å². The SMILES string of the molecule is CCN1CCN(c2ccc(NC(=O)COC(=O)c3ccccc3Cc3ccccc3)cc2)CC1. The molecule has 0 radical (unpaired) electrons. The van der Waals surface area contributed by atoms with Crippen molar-refractivity contribution in [1.82, 2.24) is 4.90 Å². The summed E-state index contributed by atoms with van der Waals surface area (Å²) in [5.41, 5.74) is 4.29. The molecule has 0 bridgehead atoms. The van der Waals surface area contributed by atoms with Crippen LogP contribution < -0.4 is 10.2 Å². The van der Waals surface area contributed by atoms with E-state index in [-0.39, 0.29) is 12.5 Å². The molecule has 1 aliphatic rings. The lowest BCUT2D eigenvalue weighted by molar-refractivity contribution is -0.119. The Balaban J connectivity index is 1.28. The number of nitrogens with zero attached hydrogens (tertiary/aromatic N) is 2. The molecule has 1 heterocycles. The van der Waals surface area contributed by atoms with Gasteiger partial charge in [-0.05, 0) is 54.4 Å². The van der Waals surface area contributed by atoms with E-state index >= 15 is 0 Å². The van der Waals surface area contributed by atoms with Gasteiger partial charge in [-0.25, -0.2) is 4.79 Å². The smallest absolute Gasteiger partial charge is 0.338 e. The average Bonchev–Trinajstić information content (AvgIpc) is 2.89. The summed E-state index contributed by atoms with van der Waals surface area (Å²) in [6.07, 6.45) is 0.623. The molecule has 0 spiro atoms. The Kier molecular flexibility index (Phi) is 7.94. The van der Waals surface area contributed by atoms with Crippen LogP contribution in [0.3, 0.4) is 0 Å². The topological polar surface area (TPSA) is 61.9 Å². The van der Waals surface area contributed by atoms with Gasteiger partial charge in [0.2, 0.25) is 0 Å². The van der Waals surface area contributed by atoms with Gasteiger partial charge in [0.15, 0.2) is 6.61 Å². The maximum Gasteiger partial charge on any atom is 0.338 e. The fourth-order valence-electron chi connectivity index (χ4n) is 4.17. The van der Waals surface area contributed by atoms with Gasteiger partial charge in [0, 0.05) is 37.6 Å². The third-order valence-corrected chi connectivity index (χ3v) is 6.14. The summed E-state index contributed by atoms with van der Waals surface area (Å²) in [4.78, 5) is 29.8. The number of ether oxygens (including phenoxy) is 1. The predicted molar refractivity (Wildman–Crippen MR) is 135 cm³/mol. The standard InChI is InChI=1S/C28H31N3O3/c1-2-30-16-18-31(19-17-30)25-14-12-24(13-15-25)29-27(32)21-34-28(33)26-11-7-6-10-23(26)20-22-8-4-3-5-9-22/h3-15H,2,16-21H2,1H3,(H,29,32). The first-order chi connectivity index (χ1) is 16.6. The molecular weight excluding hydrogens is 426 g/mol. The highest BCUT2D eigenvalue weighted by Crippen LogP contribution is 2.20. The quantitative estimate of drug-likeness (QED) is 0.514. The van der Waals surface area contributed by atoms with Gasteiger partial charge < -0.3 is 19.9 Å². The number of anilines is 2. The molecule has 1 N–H and O–H groups in total. The Morgan fingerprint density at radius 2 is 1.53 bits per heavy atom. The van der Waals surface area contributed by atoms with E-state index in [9.17, 15) is 9.59 Å². The first-order valence-electron chi connectivity index (χ1n) is 11.8. The molecule has 6 heteroatoms. The molecule has 176 valence electrons. The second-order valence-electron chi connectivity index (χ2n) is 8.41. The van der Waals surface area contributed by atoms with Crippen LogP contribution in [-0.2, 0) is 16.0 Å². The first-order valence-corrected chi connectivity index (χ1v) is 11.8. The van der Waals surface area contributed by atoms with Gasteiger partial charge in [0.1, 0.15) is 0 Å². The number of hydrogen-bond donors (Lipinski definition) is 1. The molecular formula is C28H31N3O3. The van der Waals surface area contributed by atoms with Crippen molar-refractivity contribution in [2.75, 3.05) is 49.5 Å². The van der Waals surface area contributed by atoms with E-state index in [0.717, 1.165) is 49.5 Å². The molecule has 1 saturated heterocycles. The minimum atomic E-state index is -0.497. The van der Waals surface area contributed by atoms with Crippen molar-refractivity contribution in [2.24, 2.45) is 0 Å². The third-order valence-electron chi connectivity index (χ3n) is 6.14. The monoisotopic (exact) mass is 457 g/mol. The Hall–Kier alpha value is -3.64. The van der Waals surface area contributed by atoms with Gasteiger partial charge >= 0.3 is 5.97 Å². The van der Waals surface area contributed by atoms with Crippen molar-refractivity contribution in [3.63, 3.8) is 0 Å². The number of esters is 1. The molecule has 3 aromatic carbocycles. The summed E-state index contributed by atoms with van der Waals surface area (Å²) in [6, 6.07) is 25.1. The van der Waals surface area contributed by atoms with E-state index in [1.807, 2.05) is 66.7 Å². The van der Waals surface area contributed by atoms with E-state index < -0.39 is 5.97 Å². The van der Waals surface area contributed by atoms with Crippen LogP contribution in [0.4, 0.5) is 11.4 Å². The molecule has 0 aromatic heterocycles. The van der Waals surface area contributed by atoms with Crippen LogP contribution >= 0.6 is 0 Å². The fraction of sp³-hybridized carbons (Fsp3) is 0.286. The van der Waals surface area contributed by atoms with Crippen molar-refractivity contribution in [1.29, 1.82) is 0 Å². The minimum Gasteiger partial charge on any atom is -0.452 e. The van der Waals surface area contributed by atoms with Gasteiger partial charge in [0.25, 0.3) is 5.91 Å². The highest BCUT2D eigenvalue weighted by atomic mass is 16.5. The molecule has 34 heavy (non-hydrogen) atoms. The highest BCUT2D eigenvalue weighted by Gasteiger charge is 2.17. The van der Waals surface area contributed by atoms with Crippen LogP contribution in [0.15, 0.2) is 78.9 Å². The Labute approximate surface area is 201 Å². The van der Waals surface area contributed by atoms with Crippen molar-refractivity contribution in [2.45, 2.75) is 13.3 Å². The van der Waals surface area contributed by atoms with Crippen LogP contribution in [0, 0.1) is 0 Å². The van der Waals surface area contributed by atoms with Crippen LogP contribution in [-0.4, -0.2) is 56.1 Å². The highest BCUT2D eigenvalue weighted by molar-refractivity contribution is 5.96. The largest absolute Gasteiger partial charge is 0.452 e. The summed E-state index contributed by atoms with van der Waals surface area (Å²) in [5.74, 6) is -0.860. The maximum atomic E-state index is 12.7. The van der Waals surface area contributed by atoms with Crippen molar-refractivity contribution < 1.29 is 14.3 Å². The second-order valence-corrected chi connectivity index (χ2v) is 8.41. The van der Waals surface area contributed by atoms with E-state index in [1.165, 1.54) is 0 Å². The molecule has 4 rings (SSSR count). The second kappa shape index (κ2) is 11.5. The van der Waals surface area contributed by atoms with Crippen molar-refractivity contribution in [3.05, 3.63) is 95.6 Å². The Morgan fingerprint density at radius 3 is 2.24 bits per heavy atom. The number of likely N-dealkylation sites (N-methyl/N-ethyl adjacent to an activating group) is 1. The molecule has 0 aliphatic carbocycles. The van der Waals surface area contributed by atoms with Crippen molar-refractivity contribution >= 4 is 23.3 Å². The number of piperazine rings is 1. The summed E-state index contributed by atoms with van der Waals surface area (Å²) in [5, 5.41) is 2.81. The zero-order valence-corrected chi connectivity index (χ0v) is 19.6. The van der Waals surface area contributed by atoms with Crippen LogP contribution in [0.2, 0.25) is 0 Å². The number of hydrogen-bond acceptors (Lipinski definition) is 5. The molecule has 0 saturated carbocycles. The lowest BCUT2D eigenvalue weighted by atomic mass is 10.00. The number of carbonyl (C=O) groups is 2. The predicted octanol–water partition coefficient (Wildman–Crippen LogP) is 4.21. The number of benzene rings is 3. The Morgan fingerprint density at radius 1 is 0.853 bits per heavy atom. The number of nitrogens with one attached hydrogen (secondary N) is 1. The number of carbonyl (C=O) groups excluding carboxylic acids is 2. The molecule has 3 aromatic rings. The Bertz CT molecular complexity index is 1090. The number of rotatable bonds is 8. The van der Waals surface area contributed by atoms with Crippen LogP contribution in [0.5, 0.6) is 0 Å². The normalized spacial score (nSPS) is 14.0. The average molecular weight is 458 g/mol. The zero-order chi connectivity index (χ0) is 23.8. The molecule has 0 unspecified atom stereocenters. The summed E-state index contributed by atoms with van der Waals surface area (Å²) in [6.45, 7) is 7.07. The van der Waals surface area contributed by atoms with E-state index in [4.69, 9.17) is 4.74 Å². The molecule has 1 amide bonds. The lowest BCUT2D eigenvalue weighted by Gasteiger charge is -2.35. The fourth-order valence-corrected chi connectivity index (χ4v) is 4.17. The van der Waals surface area contributed by atoms with Crippen LogP contribution in [0.25, 0.3) is 0 Å². The third kappa shape index (κ3) is 6.23. The summed E-state index contributed by atoms with van der Waals surface area (Å²) in [7, 11) is 0. The van der Waals surface area contributed by atoms with Gasteiger partial charge in [-0.15, -0.1) is 0 Å². The summed E-state index contributed by atoms with van der Waals surface area (Å²) < 4.78 is 5.32. The molecule has 0 atom stereocenters. The molecule has 6 nitrogen and oxygen atoms in total. The number of amides is 1.